The number of rotatable bonds is 7. The highest BCUT2D eigenvalue weighted by atomic mass is 16.5. The number of esters is 1. The second kappa shape index (κ2) is 9.81. The van der Waals surface area contributed by atoms with Gasteiger partial charge in [0.2, 0.25) is 5.88 Å². The van der Waals surface area contributed by atoms with Crippen molar-refractivity contribution in [3.05, 3.63) is 77.1 Å². The molecule has 0 spiro atoms. The van der Waals surface area contributed by atoms with Crippen molar-refractivity contribution < 1.29 is 14.3 Å². The van der Waals surface area contributed by atoms with Crippen molar-refractivity contribution in [2.24, 2.45) is 0 Å². The molecule has 0 saturated heterocycles. The molecule has 1 aromatic carbocycles. The summed E-state index contributed by atoms with van der Waals surface area (Å²) >= 11 is 0. The third kappa shape index (κ3) is 4.59. The summed E-state index contributed by atoms with van der Waals surface area (Å²) < 4.78 is 10.2. The third-order valence-electron chi connectivity index (χ3n) is 6.29. The number of hydrogen-bond donors (Lipinski definition) is 0. The second-order valence-corrected chi connectivity index (χ2v) is 8.13. The van der Waals surface area contributed by atoms with Gasteiger partial charge < -0.3 is 14.4 Å². The maximum atomic E-state index is 12.1. The second-order valence-electron chi connectivity index (χ2n) is 8.13. The standard InChI is InChI=1S/C26H29N3O3/c1-29(24-8-5-9-25(28-24)31-2)21-12-13-22-18(6-4-7-19(22)16-21)10-11-20-17-27-15-14-23(20)26(30)32-3/h5,8-9,12-18H,4,6-7,10-11H2,1-3H3/t18-/m0/s1. The van der Waals surface area contributed by atoms with Crippen LogP contribution in [0.4, 0.5) is 11.5 Å². The van der Waals surface area contributed by atoms with Crippen molar-refractivity contribution in [2.45, 2.75) is 38.0 Å². The summed E-state index contributed by atoms with van der Waals surface area (Å²) in [5, 5.41) is 0. The fourth-order valence-corrected chi connectivity index (χ4v) is 4.51. The highest BCUT2D eigenvalue weighted by molar-refractivity contribution is 5.90. The molecule has 0 unspecified atom stereocenters. The summed E-state index contributed by atoms with van der Waals surface area (Å²) in [6.07, 6.45) is 8.62. The van der Waals surface area contributed by atoms with Gasteiger partial charge in [0.05, 0.1) is 19.8 Å². The maximum absolute atomic E-state index is 12.1. The van der Waals surface area contributed by atoms with Gasteiger partial charge in [-0.1, -0.05) is 12.1 Å². The number of carbonyl (C=O) groups excluding carboxylic acids is 1. The van der Waals surface area contributed by atoms with Crippen LogP contribution in [0.1, 0.15) is 52.2 Å². The molecule has 166 valence electrons. The molecule has 0 fully saturated rings. The zero-order valence-electron chi connectivity index (χ0n) is 18.9. The van der Waals surface area contributed by atoms with Crippen molar-refractivity contribution in [2.75, 3.05) is 26.2 Å². The van der Waals surface area contributed by atoms with E-state index in [-0.39, 0.29) is 5.97 Å². The molecule has 1 aliphatic carbocycles. The van der Waals surface area contributed by atoms with Crippen molar-refractivity contribution in [3.8, 4) is 5.88 Å². The Kier molecular flexibility index (Phi) is 6.69. The Labute approximate surface area is 189 Å². The number of anilines is 2. The first kappa shape index (κ1) is 21.8. The molecule has 0 amide bonds. The molecular weight excluding hydrogens is 402 g/mol. The lowest BCUT2D eigenvalue weighted by Gasteiger charge is -2.28. The van der Waals surface area contributed by atoms with Gasteiger partial charge in [0.25, 0.3) is 0 Å². The van der Waals surface area contributed by atoms with Crippen LogP contribution in [0, 0.1) is 0 Å². The van der Waals surface area contributed by atoms with E-state index in [1.165, 1.54) is 24.7 Å². The maximum Gasteiger partial charge on any atom is 0.338 e. The summed E-state index contributed by atoms with van der Waals surface area (Å²) in [5.74, 6) is 1.63. The summed E-state index contributed by atoms with van der Waals surface area (Å²) in [6.45, 7) is 0. The number of benzene rings is 1. The van der Waals surface area contributed by atoms with Crippen LogP contribution in [0.5, 0.6) is 5.88 Å². The van der Waals surface area contributed by atoms with Gasteiger partial charge in [-0.05, 0) is 79.0 Å². The van der Waals surface area contributed by atoms with E-state index in [1.807, 2.05) is 25.2 Å². The third-order valence-corrected chi connectivity index (χ3v) is 6.29. The quantitative estimate of drug-likeness (QED) is 0.486. The zero-order valence-corrected chi connectivity index (χ0v) is 18.9. The molecule has 2 aromatic heterocycles. The monoisotopic (exact) mass is 431 g/mol. The fraction of sp³-hybridized carbons (Fsp3) is 0.346. The van der Waals surface area contributed by atoms with Crippen LogP contribution < -0.4 is 9.64 Å². The van der Waals surface area contributed by atoms with Crippen molar-refractivity contribution in [1.29, 1.82) is 0 Å². The van der Waals surface area contributed by atoms with E-state index in [4.69, 9.17) is 9.47 Å². The first-order valence-corrected chi connectivity index (χ1v) is 11.0. The first-order chi connectivity index (χ1) is 15.6. The van der Waals surface area contributed by atoms with Gasteiger partial charge in [-0.2, -0.15) is 4.98 Å². The number of ether oxygens (including phenoxy) is 2. The lowest BCUT2D eigenvalue weighted by atomic mass is 9.79. The Morgan fingerprint density at radius 1 is 1.19 bits per heavy atom. The number of methoxy groups -OCH3 is 2. The molecule has 32 heavy (non-hydrogen) atoms. The smallest absolute Gasteiger partial charge is 0.338 e. The van der Waals surface area contributed by atoms with Crippen molar-refractivity contribution in [3.63, 3.8) is 0 Å². The van der Waals surface area contributed by atoms with Crippen LogP contribution in [0.15, 0.2) is 54.9 Å². The molecule has 0 N–H and O–H groups in total. The fourth-order valence-electron chi connectivity index (χ4n) is 4.51. The topological polar surface area (TPSA) is 64.5 Å². The van der Waals surface area contributed by atoms with Gasteiger partial charge in [-0.15, -0.1) is 0 Å². The molecular formula is C26H29N3O3. The van der Waals surface area contributed by atoms with Crippen molar-refractivity contribution in [1.82, 2.24) is 9.97 Å². The first-order valence-electron chi connectivity index (χ1n) is 11.0. The Balaban J connectivity index is 1.52. The molecule has 0 bridgehead atoms. The minimum atomic E-state index is -0.301. The lowest BCUT2D eigenvalue weighted by Crippen LogP contribution is -2.15. The average molecular weight is 432 g/mol. The SMILES string of the molecule is COC(=O)c1ccncc1CC[C@@H]1CCCc2cc(N(C)c3cccc(OC)n3)ccc21. The van der Waals surface area contributed by atoms with Crippen molar-refractivity contribution >= 4 is 17.5 Å². The minimum Gasteiger partial charge on any atom is -0.481 e. The highest BCUT2D eigenvalue weighted by Crippen LogP contribution is 2.37. The largest absolute Gasteiger partial charge is 0.481 e. The summed E-state index contributed by atoms with van der Waals surface area (Å²) in [5.41, 5.74) is 5.49. The summed E-state index contributed by atoms with van der Waals surface area (Å²) in [6, 6.07) is 14.2. The predicted molar refractivity (Wildman–Crippen MR) is 125 cm³/mol. The van der Waals surface area contributed by atoms with Crippen LogP contribution in [0.3, 0.4) is 0 Å². The number of aryl methyl sites for hydroxylation is 2. The number of aromatic nitrogens is 2. The average Bonchev–Trinajstić information content (AvgIpc) is 2.86. The Bertz CT molecular complexity index is 1100. The predicted octanol–water partition coefficient (Wildman–Crippen LogP) is 5.09. The summed E-state index contributed by atoms with van der Waals surface area (Å²) in [4.78, 5) is 22.9. The Morgan fingerprint density at radius 3 is 2.88 bits per heavy atom. The molecule has 0 aliphatic heterocycles. The van der Waals surface area contributed by atoms with Gasteiger partial charge in [-0.3, -0.25) is 4.98 Å². The number of pyridine rings is 2. The molecule has 1 aliphatic rings. The molecule has 3 aromatic rings. The van der Waals surface area contributed by atoms with Gasteiger partial charge >= 0.3 is 5.97 Å². The van der Waals surface area contributed by atoms with E-state index < -0.39 is 0 Å². The minimum absolute atomic E-state index is 0.301. The number of carbonyl (C=O) groups is 1. The molecule has 0 saturated carbocycles. The molecule has 6 heteroatoms. The zero-order chi connectivity index (χ0) is 22.5. The highest BCUT2D eigenvalue weighted by Gasteiger charge is 2.22. The van der Waals surface area contributed by atoms with Crippen LogP contribution in [-0.2, 0) is 17.6 Å². The Morgan fingerprint density at radius 2 is 2.06 bits per heavy atom. The molecule has 2 heterocycles. The van der Waals surface area contributed by atoms with Gasteiger partial charge in [0.15, 0.2) is 0 Å². The summed E-state index contributed by atoms with van der Waals surface area (Å²) in [7, 11) is 5.07. The van der Waals surface area contributed by atoms with E-state index in [0.29, 0.717) is 17.4 Å². The lowest BCUT2D eigenvalue weighted by molar-refractivity contribution is 0.0599. The van der Waals surface area contributed by atoms with E-state index in [0.717, 1.165) is 42.8 Å². The number of fused-ring (bicyclic) bond motifs is 1. The molecule has 6 nitrogen and oxygen atoms in total. The number of nitrogens with zero attached hydrogens (tertiary/aromatic N) is 3. The van der Waals surface area contributed by atoms with Crippen LogP contribution in [-0.4, -0.2) is 37.2 Å². The van der Waals surface area contributed by atoms with Gasteiger partial charge in [0.1, 0.15) is 5.82 Å². The normalized spacial score (nSPS) is 15.0. The van der Waals surface area contributed by atoms with Gasteiger partial charge in [-0.25, -0.2) is 4.79 Å². The Hall–Kier alpha value is -3.41. The van der Waals surface area contributed by atoms with Crippen LogP contribution >= 0.6 is 0 Å². The molecule has 4 rings (SSSR count). The van der Waals surface area contributed by atoms with E-state index in [9.17, 15) is 4.79 Å². The van der Waals surface area contributed by atoms with E-state index >= 15 is 0 Å². The molecule has 1 atom stereocenters. The van der Waals surface area contributed by atoms with Crippen LogP contribution in [0.25, 0.3) is 0 Å². The number of hydrogen-bond acceptors (Lipinski definition) is 6. The molecule has 0 radical (unpaired) electrons. The van der Waals surface area contributed by atoms with E-state index in [2.05, 4.69) is 33.1 Å². The van der Waals surface area contributed by atoms with E-state index in [1.54, 1.807) is 25.6 Å². The van der Waals surface area contributed by atoms with Crippen LogP contribution in [0.2, 0.25) is 0 Å². The van der Waals surface area contributed by atoms with Gasteiger partial charge in [0, 0.05) is 31.2 Å².